The van der Waals surface area contributed by atoms with E-state index in [9.17, 15) is 14.0 Å². The number of aromatic amines is 1. The molecule has 0 bridgehead atoms. The number of aromatic nitrogens is 3. The summed E-state index contributed by atoms with van der Waals surface area (Å²) in [6.45, 7) is 6.29. The monoisotopic (exact) mass is 489 g/mol. The van der Waals surface area contributed by atoms with Gasteiger partial charge < -0.3 is 20.7 Å². The van der Waals surface area contributed by atoms with Crippen LogP contribution in [0, 0.1) is 5.82 Å². The zero-order chi connectivity index (χ0) is 25.9. The van der Waals surface area contributed by atoms with Crippen molar-refractivity contribution in [2.45, 2.75) is 32.7 Å². The van der Waals surface area contributed by atoms with Gasteiger partial charge in [-0.25, -0.2) is 14.4 Å². The van der Waals surface area contributed by atoms with Gasteiger partial charge in [-0.3, -0.25) is 9.59 Å². The van der Waals surface area contributed by atoms with E-state index < -0.39 is 11.7 Å². The molecular formula is C27H28FN5O3. The number of aliphatic hydroxyl groups is 1. The molecule has 36 heavy (non-hydrogen) atoms. The van der Waals surface area contributed by atoms with Crippen LogP contribution in [0.2, 0.25) is 0 Å². The second-order valence-corrected chi connectivity index (χ2v) is 9.46. The lowest BCUT2D eigenvalue weighted by Gasteiger charge is -2.19. The molecule has 0 aliphatic heterocycles. The maximum atomic E-state index is 15.0. The number of carbonyl (C=O) groups excluding carboxylic acids is 2. The van der Waals surface area contributed by atoms with Crippen LogP contribution in [-0.2, 0) is 12.0 Å². The summed E-state index contributed by atoms with van der Waals surface area (Å²) in [6.07, 6.45) is 1.33. The number of benzene rings is 2. The van der Waals surface area contributed by atoms with Crippen molar-refractivity contribution in [3.05, 3.63) is 83.1 Å². The van der Waals surface area contributed by atoms with Crippen LogP contribution in [0.5, 0.6) is 0 Å². The molecule has 0 saturated carbocycles. The summed E-state index contributed by atoms with van der Waals surface area (Å²) >= 11 is 0. The number of amides is 2. The first-order valence-corrected chi connectivity index (χ1v) is 11.6. The van der Waals surface area contributed by atoms with Crippen LogP contribution >= 0.6 is 0 Å². The van der Waals surface area contributed by atoms with Crippen LogP contribution in [0.1, 0.15) is 52.7 Å². The lowest BCUT2D eigenvalue weighted by Crippen LogP contribution is -2.26. The number of hydrogen-bond donors (Lipinski definition) is 4. The van der Waals surface area contributed by atoms with Crippen LogP contribution in [0.25, 0.3) is 22.3 Å². The van der Waals surface area contributed by atoms with E-state index in [0.29, 0.717) is 33.4 Å². The maximum Gasteiger partial charge on any atom is 0.267 e. The van der Waals surface area contributed by atoms with Crippen molar-refractivity contribution >= 4 is 22.8 Å². The molecule has 2 heterocycles. The van der Waals surface area contributed by atoms with Gasteiger partial charge in [-0.15, -0.1) is 0 Å². The van der Waals surface area contributed by atoms with Gasteiger partial charge in [-0.2, -0.15) is 0 Å². The zero-order valence-electron chi connectivity index (χ0n) is 20.4. The molecule has 2 aromatic heterocycles. The van der Waals surface area contributed by atoms with E-state index in [1.807, 2.05) is 12.1 Å². The highest BCUT2D eigenvalue weighted by Gasteiger charge is 2.17. The Bertz CT molecular complexity index is 1410. The molecule has 0 saturated heterocycles. The van der Waals surface area contributed by atoms with Crippen LogP contribution in [0.3, 0.4) is 0 Å². The fourth-order valence-electron chi connectivity index (χ4n) is 3.79. The maximum absolute atomic E-state index is 15.0. The minimum atomic E-state index is -0.487. The average Bonchev–Trinajstić information content (AvgIpc) is 3.30. The lowest BCUT2D eigenvalue weighted by molar-refractivity contribution is 0.0936. The fraction of sp³-hybridized carbons (Fsp3) is 0.259. The largest absolute Gasteiger partial charge is 0.395 e. The lowest BCUT2D eigenvalue weighted by atomic mass is 9.87. The Labute approximate surface area is 208 Å². The molecule has 2 aromatic carbocycles. The fourth-order valence-corrected chi connectivity index (χ4v) is 3.79. The minimum absolute atomic E-state index is 0.0105. The van der Waals surface area contributed by atoms with Gasteiger partial charge in [0.25, 0.3) is 11.8 Å². The Kier molecular flexibility index (Phi) is 7.12. The van der Waals surface area contributed by atoms with Crippen molar-refractivity contribution in [2.24, 2.45) is 0 Å². The molecule has 0 spiro atoms. The zero-order valence-corrected chi connectivity index (χ0v) is 20.4. The Hall–Kier alpha value is -4.11. The number of aliphatic hydroxyl groups excluding tert-OH is 1. The number of halogens is 1. The SMILES string of the molecule is CC(C)(C)c1ccc(C(=O)NCc2ccc(-c3ncnc4[nH]c(C(=O)NCCO)cc34)cc2F)cc1. The normalized spacial score (nSPS) is 11.5. The summed E-state index contributed by atoms with van der Waals surface area (Å²) < 4.78 is 15.0. The third kappa shape index (κ3) is 5.41. The Morgan fingerprint density at radius 3 is 2.42 bits per heavy atom. The Morgan fingerprint density at radius 1 is 1.00 bits per heavy atom. The van der Waals surface area contributed by atoms with E-state index in [2.05, 4.69) is 46.4 Å². The summed E-state index contributed by atoms with van der Waals surface area (Å²) in [4.78, 5) is 36.1. The number of rotatable bonds is 7. The van der Waals surface area contributed by atoms with Gasteiger partial charge in [-0.1, -0.05) is 45.0 Å². The predicted molar refractivity (Wildman–Crippen MR) is 135 cm³/mol. The average molecular weight is 490 g/mol. The number of hydrogen-bond acceptors (Lipinski definition) is 5. The first-order valence-electron chi connectivity index (χ1n) is 11.6. The molecule has 8 nitrogen and oxygen atoms in total. The third-order valence-electron chi connectivity index (χ3n) is 5.85. The molecule has 9 heteroatoms. The number of nitrogens with one attached hydrogen (secondary N) is 3. The van der Waals surface area contributed by atoms with E-state index in [1.54, 1.807) is 30.3 Å². The summed E-state index contributed by atoms with van der Waals surface area (Å²) in [5, 5.41) is 14.8. The second kappa shape index (κ2) is 10.2. The molecule has 0 aliphatic carbocycles. The Balaban J connectivity index is 1.49. The van der Waals surface area contributed by atoms with Gasteiger partial charge in [0.1, 0.15) is 23.5 Å². The number of fused-ring (bicyclic) bond motifs is 1. The number of nitrogens with zero attached hydrogens (tertiary/aromatic N) is 2. The molecule has 4 rings (SSSR count). The van der Waals surface area contributed by atoms with Crippen molar-refractivity contribution in [1.82, 2.24) is 25.6 Å². The van der Waals surface area contributed by atoms with Crippen LogP contribution < -0.4 is 10.6 Å². The van der Waals surface area contributed by atoms with Crippen molar-refractivity contribution in [3.63, 3.8) is 0 Å². The standard InChI is InChI=1S/C27H28FN5O3/c1-27(2,3)19-8-6-16(7-9-19)25(35)30-14-18-5-4-17(12-21(18)28)23-20-13-22(26(36)29-10-11-34)33-24(20)32-15-31-23/h4-9,12-13,15,34H,10-11,14H2,1-3H3,(H,29,36)(H,30,35)(H,31,32,33). The molecule has 0 fully saturated rings. The van der Waals surface area contributed by atoms with E-state index in [-0.39, 0.29) is 36.7 Å². The third-order valence-corrected chi connectivity index (χ3v) is 5.85. The number of carbonyl (C=O) groups is 2. The molecule has 0 aliphatic rings. The molecule has 4 aromatic rings. The van der Waals surface area contributed by atoms with Crippen molar-refractivity contribution < 1.29 is 19.1 Å². The van der Waals surface area contributed by atoms with Crippen molar-refractivity contribution in [2.75, 3.05) is 13.2 Å². The molecular weight excluding hydrogens is 461 g/mol. The molecule has 0 atom stereocenters. The second-order valence-electron chi connectivity index (χ2n) is 9.46. The van der Waals surface area contributed by atoms with Gasteiger partial charge in [0.05, 0.1) is 12.3 Å². The van der Waals surface area contributed by atoms with Gasteiger partial charge in [-0.05, 0) is 35.2 Å². The quantitative estimate of drug-likeness (QED) is 0.315. The molecule has 0 radical (unpaired) electrons. The van der Waals surface area contributed by atoms with Crippen molar-refractivity contribution in [1.29, 1.82) is 0 Å². The highest BCUT2D eigenvalue weighted by atomic mass is 19.1. The first-order chi connectivity index (χ1) is 17.2. The summed E-state index contributed by atoms with van der Waals surface area (Å²) in [6, 6.07) is 13.6. The van der Waals surface area contributed by atoms with E-state index in [1.165, 1.54) is 12.4 Å². The smallest absolute Gasteiger partial charge is 0.267 e. The molecule has 186 valence electrons. The van der Waals surface area contributed by atoms with Gasteiger partial charge in [0.15, 0.2) is 0 Å². The van der Waals surface area contributed by atoms with Crippen LogP contribution in [0.15, 0.2) is 54.9 Å². The summed E-state index contributed by atoms with van der Waals surface area (Å²) in [5.74, 6) is -1.16. The number of H-pyrrole nitrogens is 1. The molecule has 0 unspecified atom stereocenters. The Morgan fingerprint density at radius 2 is 1.75 bits per heavy atom. The van der Waals surface area contributed by atoms with Crippen LogP contribution in [-0.4, -0.2) is 45.0 Å². The van der Waals surface area contributed by atoms with E-state index in [0.717, 1.165) is 5.56 Å². The van der Waals surface area contributed by atoms with Gasteiger partial charge in [0, 0.05) is 35.2 Å². The first kappa shape index (κ1) is 25.0. The van der Waals surface area contributed by atoms with E-state index >= 15 is 0 Å². The summed E-state index contributed by atoms with van der Waals surface area (Å²) in [7, 11) is 0. The molecule has 4 N–H and O–H groups in total. The van der Waals surface area contributed by atoms with Gasteiger partial charge >= 0.3 is 0 Å². The van der Waals surface area contributed by atoms with E-state index in [4.69, 9.17) is 5.11 Å². The highest BCUT2D eigenvalue weighted by molar-refractivity contribution is 6.00. The topological polar surface area (TPSA) is 120 Å². The highest BCUT2D eigenvalue weighted by Crippen LogP contribution is 2.27. The summed E-state index contributed by atoms with van der Waals surface area (Å²) in [5.41, 5.74) is 3.62. The minimum Gasteiger partial charge on any atom is -0.395 e. The van der Waals surface area contributed by atoms with Gasteiger partial charge in [0.2, 0.25) is 0 Å². The predicted octanol–water partition coefficient (Wildman–Crippen LogP) is 3.71. The molecule has 2 amide bonds. The van der Waals surface area contributed by atoms with Crippen molar-refractivity contribution in [3.8, 4) is 11.3 Å². The van der Waals surface area contributed by atoms with Crippen LogP contribution in [0.4, 0.5) is 4.39 Å².